The molecule has 1 saturated heterocycles. The zero-order valence-electron chi connectivity index (χ0n) is 16.3. The molecule has 1 amide bonds. The van der Waals surface area contributed by atoms with Gasteiger partial charge in [-0.15, -0.1) is 0 Å². The fourth-order valence-electron chi connectivity index (χ4n) is 3.88. The Morgan fingerprint density at radius 3 is 2.68 bits per heavy atom. The summed E-state index contributed by atoms with van der Waals surface area (Å²) in [5.41, 5.74) is 3.35. The van der Waals surface area contributed by atoms with Crippen molar-refractivity contribution in [3.8, 4) is 0 Å². The molecule has 3 aromatic rings. The van der Waals surface area contributed by atoms with Crippen LogP contribution in [0.15, 0.2) is 48.8 Å². The first kappa shape index (κ1) is 18.5. The first-order valence-electron chi connectivity index (χ1n) is 10.3. The van der Waals surface area contributed by atoms with Gasteiger partial charge in [0.15, 0.2) is 0 Å². The molecule has 5 heteroatoms. The van der Waals surface area contributed by atoms with E-state index in [9.17, 15) is 4.79 Å². The zero-order valence-corrected chi connectivity index (χ0v) is 16.3. The molecule has 146 valence electrons. The number of anilines is 1. The number of carbonyl (C=O) groups excluding carboxylic acids is 1. The number of hydrogen-bond donors (Lipinski definition) is 2. The number of fused-ring (bicyclic) bond motifs is 1. The summed E-state index contributed by atoms with van der Waals surface area (Å²) in [5, 5.41) is 4.21. The summed E-state index contributed by atoms with van der Waals surface area (Å²) in [4.78, 5) is 22.5. The lowest BCUT2D eigenvalue weighted by molar-refractivity contribution is -0.121. The Morgan fingerprint density at radius 2 is 1.89 bits per heavy atom. The maximum absolute atomic E-state index is 12.3. The lowest BCUT2D eigenvalue weighted by Crippen LogP contribution is -2.25. The lowest BCUT2D eigenvalue weighted by Gasteiger charge is -2.21. The Morgan fingerprint density at radius 1 is 1.07 bits per heavy atom. The van der Waals surface area contributed by atoms with Gasteiger partial charge in [0.1, 0.15) is 5.82 Å². The van der Waals surface area contributed by atoms with Crippen LogP contribution >= 0.6 is 0 Å². The van der Waals surface area contributed by atoms with Gasteiger partial charge in [-0.1, -0.05) is 37.1 Å². The van der Waals surface area contributed by atoms with Crippen molar-refractivity contribution >= 4 is 22.6 Å². The minimum atomic E-state index is 0.0712. The van der Waals surface area contributed by atoms with Crippen LogP contribution in [0.2, 0.25) is 0 Å². The number of H-pyrrole nitrogens is 1. The number of aromatic amines is 1. The maximum Gasteiger partial charge on any atom is 0.220 e. The van der Waals surface area contributed by atoms with E-state index in [0.29, 0.717) is 13.0 Å². The summed E-state index contributed by atoms with van der Waals surface area (Å²) in [6.45, 7) is 2.72. The van der Waals surface area contributed by atoms with Crippen LogP contribution < -0.4 is 10.2 Å². The third-order valence-corrected chi connectivity index (χ3v) is 5.53. The molecule has 2 aromatic heterocycles. The summed E-state index contributed by atoms with van der Waals surface area (Å²) in [5.74, 6) is 1.12. The van der Waals surface area contributed by atoms with Crippen LogP contribution in [0.5, 0.6) is 0 Å². The number of para-hydroxylation sites is 1. The van der Waals surface area contributed by atoms with Crippen LogP contribution in [0.3, 0.4) is 0 Å². The van der Waals surface area contributed by atoms with E-state index in [0.717, 1.165) is 36.4 Å². The van der Waals surface area contributed by atoms with E-state index in [1.54, 1.807) is 0 Å². The van der Waals surface area contributed by atoms with Gasteiger partial charge in [-0.25, -0.2) is 4.98 Å². The number of benzene rings is 1. The van der Waals surface area contributed by atoms with Crippen molar-refractivity contribution < 1.29 is 4.79 Å². The summed E-state index contributed by atoms with van der Waals surface area (Å²) in [6, 6.07) is 12.4. The molecule has 3 heterocycles. The molecule has 28 heavy (non-hydrogen) atoms. The molecule has 2 N–H and O–H groups in total. The molecule has 0 unspecified atom stereocenters. The highest BCUT2D eigenvalue weighted by atomic mass is 16.1. The predicted octanol–water partition coefficient (Wildman–Crippen LogP) is 4.19. The SMILES string of the molecule is O=C(CCc1c[nH]c2ccccc12)NCc1ccc(N2CCCCCC2)nc1. The van der Waals surface area contributed by atoms with E-state index >= 15 is 0 Å². The molecule has 1 aliphatic heterocycles. The Bertz CT molecular complexity index is 908. The summed E-state index contributed by atoms with van der Waals surface area (Å²) >= 11 is 0. The van der Waals surface area contributed by atoms with Crippen LogP contribution in [0, 0.1) is 0 Å². The first-order chi connectivity index (χ1) is 13.8. The van der Waals surface area contributed by atoms with Crippen LogP contribution in [0.1, 0.15) is 43.2 Å². The summed E-state index contributed by atoms with van der Waals surface area (Å²) in [6.07, 6.45) is 10.2. The molecule has 0 bridgehead atoms. The first-order valence-corrected chi connectivity index (χ1v) is 10.3. The van der Waals surface area contributed by atoms with Gasteiger partial charge < -0.3 is 15.2 Å². The average Bonchev–Trinajstić information content (AvgIpc) is 2.95. The zero-order chi connectivity index (χ0) is 19.2. The van der Waals surface area contributed by atoms with Crippen molar-refractivity contribution in [3.63, 3.8) is 0 Å². The van der Waals surface area contributed by atoms with E-state index in [1.807, 2.05) is 24.5 Å². The van der Waals surface area contributed by atoms with Crippen molar-refractivity contribution in [2.45, 2.75) is 45.1 Å². The Kier molecular flexibility index (Phi) is 5.90. The lowest BCUT2D eigenvalue weighted by atomic mass is 10.1. The molecular weight excluding hydrogens is 348 g/mol. The van der Waals surface area contributed by atoms with Gasteiger partial charge in [0.05, 0.1) is 0 Å². The monoisotopic (exact) mass is 376 g/mol. The van der Waals surface area contributed by atoms with Gasteiger partial charge in [0.25, 0.3) is 0 Å². The highest BCUT2D eigenvalue weighted by Crippen LogP contribution is 2.19. The minimum absolute atomic E-state index is 0.0712. The quantitative estimate of drug-likeness (QED) is 0.678. The van der Waals surface area contributed by atoms with Crippen molar-refractivity contribution in [2.75, 3.05) is 18.0 Å². The van der Waals surface area contributed by atoms with Crippen molar-refractivity contribution in [3.05, 3.63) is 59.9 Å². The minimum Gasteiger partial charge on any atom is -0.361 e. The van der Waals surface area contributed by atoms with Crippen LogP contribution in [0.25, 0.3) is 10.9 Å². The van der Waals surface area contributed by atoms with Crippen molar-refractivity contribution in [1.82, 2.24) is 15.3 Å². The second-order valence-corrected chi connectivity index (χ2v) is 7.56. The second-order valence-electron chi connectivity index (χ2n) is 7.56. The van der Waals surface area contributed by atoms with Gasteiger partial charge in [0, 0.05) is 49.4 Å². The van der Waals surface area contributed by atoms with Crippen LogP contribution in [-0.4, -0.2) is 29.0 Å². The topological polar surface area (TPSA) is 61.0 Å². The van der Waals surface area contributed by atoms with Crippen molar-refractivity contribution in [1.29, 1.82) is 0 Å². The van der Waals surface area contributed by atoms with Gasteiger partial charge >= 0.3 is 0 Å². The smallest absolute Gasteiger partial charge is 0.220 e. The van der Waals surface area contributed by atoms with Crippen LogP contribution in [-0.2, 0) is 17.8 Å². The average molecular weight is 377 g/mol. The maximum atomic E-state index is 12.3. The molecule has 1 aliphatic rings. The molecule has 0 spiro atoms. The van der Waals surface area contributed by atoms with Crippen molar-refractivity contribution in [2.24, 2.45) is 0 Å². The Labute approximate surface area is 166 Å². The van der Waals surface area contributed by atoms with E-state index in [4.69, 9.17) is 0 Å². The number of hydrogen-bond acceptors (Lipinski definition) is 3. The van der Waals surface area contributed by atoms with Gasteiger partial charge in [-0.2, -0.15) is 0 Å². The number of aromatic nitrogens is 2. The normalized spacial score (nSPS) is 14.8. The van der Waals surface area contributed by atoms with E-state index in [1.165, 1.54) is 36.6 Å². The molecule has 4 rings (SSSR count). The third-order valence-electron chi connectivity index (χ3n) is 5.53. The predicted molar refractivity (Wildman–Crippen MR) is 113 cm³/mol. The number of aryl methyl sites for hydroxylation is 1. The van der Waals surface area contributed by atoms with Gasteiger partial charge in [-0.3, -0.25) is 4.79 Å². The molecule has 0 atom stereocenters. The molecule has 0 saturated carbocycles. The highest BCUT2D eigenvalue weighted by Gasteiger charge is 2.11. The molecule has 1 fully saturated rings. The highest BCUT2D eigenvalue weighted by molar-refractivity contribution is 5.84. The van der Waals surface area contributed by atoms with Crippen LogP contribution in [0.4, 0.5) is 5.82 Å². The number of carbonyl (C=O) groups is 1. The number of pyridine rings is 1. The number of rotatable bonds is 6. The molecule has 0 radical (unpaired) electrons. The van der Waals surface area contributed by atoms with Gasteiger partial charge in [-0.05, 0) is 42.5 Å². The second kappa shape index (κ2) is 8.91. The molecule has 1 aromatic carbocycles. The molecule has 0 aliphatic carbocycles. The van der Waals surface area contributed by atoms with E-state index in [2.05, 4.69) is 44.5 Å². The number of nitrogens with one attached hydrogen (secondary N) is 2. The van der Waals surface area contributed by atoms with Gasteiger partial charge in [0.2, 0.25) is 5.91 Å². The third kappa shape index (κ3) is 4.53. The molecule has 5 nitrogen and oxygen atoms in total. The Balaban J connectivity index is 1.26. The summed E-state index contributed by atoms with van der Waals surface area (Å²) < 4.78 is 0. The Hall–Kier alpha value is -2.82. The fourth-order valence-corrected chi connectivity index (χ4v) is 3.88. The fraction of sp³-hybridized carbons (Fsp3) is 0.391. The molecular formula is C23H28N4O. The number of nitrogens with zero attached hydrogens (tertiary/aromatic N) is 2. The van der Waals surface area contributed by atoms with E-state index < -0.39 is 0 Å². The standard InChI is InChI=1S/C23H28N4O/c28-23(12-10-19-17-24-21-8-4-3-7-20(19)21)26-16-18-9-11-22(25-15-18)27-13-5-1-2-6-14-27/h3-4,7-9,11,15,17,24H,1-2,5-6,10,12-14,16H2,(H,26,28). The largest absolute Gasteiger partial charge is 0.361 e. The number of amides is 1. The van der Waals surface area contributed by atoms with E-state index in [-0.39, 0.29) is 5.91 Å². The summed E-state index contributed by atoms with van der Waals surface area (Å²) in [7, 11) is 0.